The second-order valence-corrected chi connectivity index (χ2v) is 5.80. The fraction of sp³-hybridized carbons (Fsp3) is 0.643. The number of likely N-dealkylation sites (tertiary alicyclic amines) is 1. The highest BCUT2D eigenvalue weighted by Gasteiger charge is 2.25. The summed E-state index contributed by atoms with van der Waals surface area (Å²) in [6.45, 7) is 5.82. The average Bonchev–Trinajstić information content (AvgIpc) is 2.39. The quantitative estimate of drug-likeness (QED) is 0.760. The maximum Gasteiger partial charge on any atom is 0.0957 e. The first-order valence-corrected chi connectivity index (χ1v) is 7.70. The smallest absolute Gasteiger partial charge is 0.0957 e. The number of piperidine rings is 1. The molecule has 1 aliphatic heterocycles. The molecule has 2 rings (SSSR count). The van der Waals surface area contributed by atoms with Crippen molar-refractivity contribution in [1.29, 1.82) is 0 Å². The van der Waals surface area contributed by atoms with Crippen LogP contribution in [0.15, 0.2) is 23.4 Å². The fourth-order valence-corrected chi connectivity index (χ4v) is 3.00. The zero-order valence-corrected chi connectivity index (χ0v) is 11.8. The van der Waals surface area contributed by atoms with E-state index in [1.54, 1.807) is 11.8 Å². The molecule has 94 valence electrons. The summed E-state index contributed by atoms with van der Waals surface area (Å²) in [5.74, 6) is 0. The number of nitrogens with zero attached hydrogens (tertiary/aromatic N) is 2. The van der Waals surface area contributed by atoms with Crippen molar-refractivity contribution in [2.45, 2.75) is 50.2 Å². The Hall–Kier alpha value is -0.540. The third kappa shape index (κ3) is 3.02. The number of aromatic nitrogens is 1. The Bertz CT molecular complexity index is 348. The van der Waals surface area contributed by atoms with Crippen molar-refractivity contribution in [2.24, 2.45) is 0 Å². The lowest BCUT2D eigenvalue weighted by Crippen LogP contribution is -2.38. The number of thioether (sulfide) groups is 1. The first-order valence-electron chi connectivity index (χ1n) is 6.48. The SMILES string of the molecule is CSc1ccc([C@@H]2CCCCN2C(C)C)cn1. The van der Waals surface area contributed by atoms with Crippen molar-refractivity contribution in [3.05, 3.63) is 23.9 Å². The minimum Gasteiger partial charge on any atom is -0.294 e. The van der Waals surface area contributed by atoms with E-state index in [1.807, 2.05) is 0 Å². The molecule has 3 heteroatoms. The molecule has 0 radical (unpaired) electrons. The summed E-state index contributed by atoms with van der Waals surface area (Å²) in [6.07, 6.45) is 8.10. The molecule has 2 heterocycles. The molecule has 1 aromatic heterocycles. The number of hydrogen-bond donors (Lipinski definition) is 0. The molecule has 17 heavy (non-hydrogen) atoms. The monoisotopic (exact) mass is 250 g/mol. The topological polar surface area (TPSA) is 16.1 Å². The van der Waals surface area contributed by atoms with Gasteiger partial charge in [-0.05, 0) is 51.1 Å². The summed E-state index contributed by atoms with van der Waals surface area (Å²) < 4.78 is 0. The summed E-state index contributed by atoms with van der Waals surface area (Å²) in [6, 6.07) is 5.60. The summed E-state index contributed by atoms with van der Waals surface area (Å²) in [4.78, 5) is 7.11. The van der Waals surface area contributed by atoms with E-state index in [-0.39, 0.29) is 0 Å². The molecule has 0 saturated carbocycles. The third-order valence-corrected chi connectivity index (χ3v) is 4.22. The van der Waals surface area contributed by atoms with Crippen molar-refractivity contribution in [3.8, 4) is 0 Å². The summed E-state index contributed by atoms with van der Waals surface area (Å²) in [5, 5.41) is 1.11. The maximum absolute atomic E-state index is 4.50. The Labute approximate surface area is 109 Å². The largest absolute Gasteiger partial charge is 0.294 e. The Morgan fingerprint density at radius 3 is 2.76 bits per heavy atom. The maximum atomic E-state index is 4.50. The molecule has 1 saturated heterocycles. The van der Waals surface area contributed by atoms with Gasteiger partial charge in [-0.25, -0.2) is 4.98 Å². The van der Waals surface area contributed by atoms with Gasteiger partial charge in [0.2, 0.25) is 0 Å². The van der Waals surface area contributed by atoms with Gasteiger partial charge < -0.3 is 0 Å². The average molecular weight is 250 g/mol. The van der Waals surface area contributed by atoms with E-state index in [9.17, 15) is 0 Å². The molecule has 0 bridgehead atoms. The predicted molar refractivity (Wildman–Crippen MR) is 74.5 cm³/mol. The van der Waals surface area contributed by atoms with Gasteiger partial charge in [0.05, 0.1) is 5.03 Å². The van der Waals surface area contributed by atoms with Crippen LogP contribution < -0.4 is 0 Å². The molecule has 1 fully saturated rings. The van der Waals surface area contributed by atoms with E-state index in [1.165, 1.54) is 31.4 Å². The number of rotatable bonds is 3. The zero-order chi connectivity index (χ0) is 12.3. The zero-order valence-electron chi connectivity index (χ0n) is 11.0. The lowest BCUT2D eigenvalue weighted by Gasteiger charge is -2.38. The molecule has 0 spiro atoms. The Morgan fingerprint density at radius 2 is 2.18 bits per heavy atom. The molecule has 0 aliphatic carbocycles. The van der Waals surface area contributed by atoms with Gasteiger partial charge in [0.1, 0.15) is 0 Å². The van der Waals surface area contributed by atoms with Gasteiger partial charge >= 0.3 is 0 Å². The van der Waals surface area contributed by atoms with E-state index >= 15 is 0 Å². The van der Waals surface area contributed by atoms with Crippen LogP contribution in [0.1, 0.15) is 44.7 Å². The lowest BCUT2D eigenvalue weighted by atomic mass is 9.95. The van der Waals surface area contributed by atoms with Crippen LogP contribution >= 0.6 is 11.8 Å². The van der Waals surface area contributed by atoms with Gasteiger partial charge in [-0.15, -0.1) is 11.8 Å². The Kier molecular flexibility index (Phi) is 4.46. The Morgan fingerprint density at radius 1 is 1.35 bits per heavy atom. The summed E-state index contributed by atoms with van der Waals surface area (Å²) >= 11 is 1.71. The molecule has 1 aromatic rings. The van der Waals surface area contributed by atoms with Crippen LogP contribution in [0.4, 0.5) is 0 Å². The summed E-state index contributed by atoms with van der Waals surface area (Å²) in [5.41, 5.74) is 1.39. The van der Waals surface area contributed by atoms with Crippen molar-refractivity contribution < 1.29 is 0 Å². The van der Waals surface area contributed by atoms with Gasteiger partial charge in [0.15, 0.2) is 0 Å². The van der Waals surface area contributed by atoms with Crippen molar-refractivity contribution in [2.75, 3.05) is 12.8 Å². The number of pyridine rings is 1. The second kappa shape index (κ2) is 5.87. The van der Waals surface area contributed by atoms with Gasteiger partial charge in [0.25, 0.3) is 0 Å². The van der Waals surface area contributed by atoms with Crippen LogP contribution in [0.2, 0.25) is 0 Å². The highest BCUT2D eigenvalue weighted by atomic mass is 32.2. The van der Waals surface area contributed by atoms with Gasteiger partial charge in [-0.3, -0.25) is 4.90 Å². The van der Waals surface area contributed by atoms with Crippen LogP contribution in [-0.4, -0.2) is 28.7 Å². The van der Waals surface area contributed by atoms with Gasteiger partial charge in [-0.2, -0.15) is 0 Å². The van der Waals surface area contributed by atoms with E-state index < -0.39 is 0 Å². The van der Waals surface area contributed by atoms with Crippen molar-refractivity contribution >= 4 is 11.8 Å². The van der Waals surface area contributed by atoms with Gasteiger partial charge in [0, 0.05) is 18.3 Å². The fourth-order valence-electron chi connectivity index (χ4n) is 2.64. The lowest BCUT2D eigenvalue weighted by molar-refractivity contribution is 0.112. The highest BCUT2D eigenvalue weighted by Crippen LogP contribution is 2.32. The molecule has 2 nitrogen and oxygen atoms in total. The van der Waals surface area contributed by atoms with Crippen molar-refractivity contribution in [3.63, 3.8) is 0 Å². The van der Waals surface area contributed by atoms with E-state index in [0.717, 1.165) is 5.03 Å². The molecule has 1 aliphatic rings. The minimum atomic E-state index is 0.576. The number of hydrogen-bond acceptors (Lipinski definition) is 3. The van der Waals surface area contributed by atoms with Crippen LogP contribution in [0, 0.1) is 0 Å². The second-order valence-electron chi connectivity index (χ2n) is 4.98. The van der Waals surface area contributed by atoms with Gasteiger partial charge in [-0.1, -0.05) is 12.5 Å². The predicted octanol–water partition coefficient (Wildman–Crippen LogP) is 3.74. The summed E-state index contributed by atoms with van der Waals surface area (Å²) in [7, 11) is 0. The van der Waals surface area contributed by atoms with E-state index in [0.29, 0.717) is 12.1 Å². The van der Waals surface area contributed by atoms with Crippen LogP contribution in [0.3, 0.4) is 0 Å². The molecule has 1 atom stereocenters. The third-order valence-electron chi connectivity index (χ3n) is 3.56. The van der Waals surface area contributed by atoms with E-state index in [4.69, 9.17) is 0 Å². The van der Waals surface area contributed by atoms with Crippen LogP contribution in [0.5, 0.6) is 0 Å². The Balaban J connectivity index is 2.17. The molecule has 0 amide bonds. The first kappa shape index (κ1) is 12.9. The molecule has 0 unspecified atom stereocenters. The molecule has 0 aromatic carbocycles. The first-order chi connectivity index (χ1) is 8.22. The molecule has 0 N–H and O–H groups in total. The highest BCUT2D eigenvalue weighted by molar-refractivity contribution is 7.98. The standard InChI is InChI=1S/C14H22N2S/c1-11(2)16-9-5-4-6-13(16)12-7-8-14(17-3)15-10-12/h7-8,10-11,13H,4-6,9H2,1-3H3/t13-/m0/s1. The molecular formula is C14H22N2S. The van der Waals surface area contributed by atoms with E-state index in [2.05, 4.69) is 48.3 Å². The van der Waals surface area contributed by atoms with Crippen molar-refractivity contribution in [1.82, 2.24) is 9.88 Å². The molecular weight excluding hydrogens is 228 g/mol. The normalized spacial score (nSPS) is 22.0. The minimum absolute atomic E-state index is 0.576. The van der Waals surface area contributed by atoms with Crippen LogP contribution in [-0.2, 0) is 0 Å². The van der Waals surface area contributed by atoms with Crippen LogP contribution in [0.25, 0.3) is 0 Å².